The van der Waals surface area contributed by atoms with E-state index in [1.165, 1.54) is 0 Å². The lowest BCUT2D eigenvalue weighted by atomic mass is 10.2. The zero-order valence-electron chi connectivity index (χ0n) is 16.4. The zero-order chi connectivity index (χ0) is 20.2. The highest BCUT2D eigenvalue weighted by molar-refractivity contribution is 5.95. The third-order valence-corrected chi connectivity index (χ3v) is 5.26. The van der Waals surface area contributed by atoms with E-state index >= 15 is 0 Å². The molecule has 0 spiro atoms. The summed E-state index contributed by atoms with van der Waals surface area (Å²) in [6, 6.07) is 14.9. The van der Waals surface area contributed by atoms with Crippen molar-refractivity contribution in [2.75, 3.05) is 39.3 Å². The number of rotatable bonds is 5. The first-order valence-corrected chi connectivity index (χ1v) is 9.86. The van der Waals surface area contributed by atoms with Gasteiger partial charge in [0.2, 0.25) is 0 Å². The summed E-state index contributed by atoms with van der Waals surface area (Å²) in [6.07, 6.45) is 0. The highest BCUT2D eigenvalue weighted by Crippen LogP contribution is 2.21. The number of aromatic nitrogens is 2. The Kier molecular flexibility index (Phi) is 5.57. The number of hydrogen-bond acceptors (Lipinski definition) is 5. The van der Waals surface area contributed by atoms with E-state index in [9.17, 15) is 9.59 Å². The number of H-pyrrole nitrogens is 1. The number of carbonyl (C=O) groups is 2. The van der Waals surface area contributed by atoms with Gasteiger partial charge in [-0.05, 0) is 24.7 Å². The summed E-state index contributed by atoms with van der Waals surface area (Å²) in [5.74, 6) is 0.0823. The average Bonchev–Trinajstić information content (AvgIpc) is 3.21. The van der Waals surface area contributed by atoms with Crippen molar-refractivity contribution in [2.45, 2.75) is 6.92 Å². The number of imidazole rings is 1. The van der Waals surface area contributed by atoms with Gasteiger partial charge in [-0.3, -0.25) is 4.79 Å². The van der Waals surface area contributed by atoms with E-state index < -0.39 is 5.97 Å². The van der Waals surface area contributed by atoms with E-state index in [1.54, 1.807) is 23.1 Å². The van der Waals surface area contributed by atoms with Crippen molar-refractivity contribution in [2.24, 2.45) is 0 Å². The molecule has 0 unspecified atom stereocenters. The van der Waals surface area contributed by atoms with Gasteiger partial charge in [0.15, 0.2) is 6.61 Å². The second kappa shape index (κ2) is 8.45. The normalized spacial score (nSPS) is 14.9. The lowest BCUT2D eigenvalue weighted by molar-refractivity contribution is -0.136. The first-order chi connectivity index (χ1) is 14.1. The van der Waals surface area contributed by atoms with Crippen molar-refractivity contribution in [3.05, 3.63) is 54.1 Å². The fourth-order valence-corrected chi connectivity index (χ4v) is 3.48. The Morgan fingerprint density at radius 1 is 1.07 bits per heavy atom. The number of benzene rings is 2. The van der Waals surface area contributed by atoms with E-state index in [1.807, 2.05) is 30.3 Å². The van der Waals surface area contributed by atoms with Gasteiger partial charge in [0.1, 0.15) is 5.82 Å². The largest absolute Gasteiger partial charge is 0.452 e. The summed E-state index contributed by atoms with van der Waals surface area (Å²) < 4.78 is 5.26. The lowest BCUT2D eigenvalue weighted by Crippen LogP contribution is -2.49. The number of amides is 1. The van der Waals surface area contributed by atoms with Crippen LogP contribution >= 0.6 is 0 Å². The molecule has 7 nitrogen and oxygen atoms in total. The Morgan fingerprint density at radius 2 is 1.83 bits per heavy atom. The number of nitrogens with zero attached hydrogens (tertiary/aromatic N) is 3. The van der Waals surface area contributed by atoms with Crippen LogP contribution in [0.3, 0.4) is 0 Å². The van der Waals surface area contributed by atoms with Gasteiger partial charge >= 0.3 is 5.97 Å². The molecule has 1 aliphatic rings. The number of aromatic amines is 1. The van der Waals surface area contributed by atoms with Crippen LogP contribution in [0.4, 0.5) is 0 Å². The fraction of sp³-hybridized carbons (Fsp3) is 0.318. The fourth-order valence-electron chi connectivity index (χ4n) is 3.48. The summed E-state index contributed by atoms with van der Waals surface area (Å²) in [4.78, 5) is 36.6. The first kappa shape index (κ1) is 19.1. The summed E-state index contributed by atoms with van der Waals surface area (Å²) in [5.41, 5.74) is 2.89. The van der Waals surface area contributed by atoms with E-state index in [4.69, 9.17) is 4.74 Å². The minimum absolute atomic E-state index is 0.150. The molecule has 4 rings (SSSR count). The third-order valence-electron chi connectivity index (χ3n) is 5.26. The molecule has 7 heteroatoms. The molecule has 0 aliphatic carbocycles. The van der Waals surface area contributed by atoms with Crippen molar-refractivity contribution in [3.63, 3.8) is 0 Å². The lowest BCUT2D eigenvalue weighted by Gasteiger charge is -2.33. The topological polar surface area (TPSA) is 78.5 Å². The molecule has 1 N–H and O–H groups in total. The Balaban J connectivity index is 1.39. The zero-order valence-corrected chi connectivity index (χ0v) is 16.4. The molecule has 1 fully saturated rings. The van der Waals surface area contributed by atoms with E-state index in [-0.39, 0.29) is 12.5 Å². The molecule has 1 aromatic heterocycles. The van der Waals surface area contributed by atoms with Crippen LogP contribution < -0.4 is 0 Å². The standard InChI is InChI=1S/C22H24N4O3/c1-2-25-10-12-26(13-11-25)20(27)15-29-22(28)17-8-9-18-19(14-17)24-21(23-18)16-6-4-3-5-7-16/h3-9,14H,2,10-13,15H2,1H3,(H,23,24). The van der Waals surface area contributed by atoms with Crippen LogP contribution in [0.25, 0.3) is 22.4 Å². The van der Waals surface area contributed by atoms with Gasteiger partial charge in [-0.1, -0.05) is 37.3 Å². The Morgan fingerprint density at radius 3 is 2.55 bits per heavy atom. The van der Waals surface area contributed by atoms with E-state index in [0.717, 1.165) is 42.1 Å². The second-order valence-electron chi connectivity index (χ2n) is 7.07. The first-order valence-electron chi connectivity index (χ1n) is 9.86. The van der Waals surface area contributed by atoms with Crippen LogP contribution in [0.2, 0.25) is 0 Å². The smallest absolute Gasteiger partial charge is 0.338 e. The van der Waals surface area contributed by atoms with Crippen LogP contribution in [0.1, 0.15) is 17.3 Å². The summed E-state index contributed by atoms with van der Waals surface area (Å²) in [6.45, 7) is 5.92. The molecular weight excluding hydrogens is 368 g/mol. The van der Waals surface area contributed by atoms with Crippen molar-refractivity contribution >= 4 is 22.9 Å². The molecule has 2 aromatic carbocycles. The molecular formula is C22H24N4O3. The van der Waals surface area contributed by atoms with Crippen molar-refractivity contribution in [1.29, 1.82) is 0 Å². The van der Waals surface area contributed by atoms with E-state index in [2.05, 4.69) is 21.8 Å². The number of piperazine rings is 1. The average molecular weight is 392 g/mol. The van der Waals surface area contributed by atoms with Gasteiger partial charge in [0.05, 0.1) is 16.6 Å². The summed E-state index contributed by atoms with van der Waals surface area (Å²) >= 11 is 0. The Hall–Kier alpha value is -3.19. The van der Waals surface area contributed by atoms with Crippen LogP contribution in [0.15, 0.2) is 48.5 Å². The Labute approximate surface area is 169 Å². The van der Waals surface area contributed by atoms with E-state index in [0.29, 0.717) is 18.7 Å². The molecule has 1 saturated heterocycles. The molecule has 0 radical (unpaired) electrons. The maximum atomic E-state index is 12.4. The van der Waals surface area contributed by atoms with Crippen LogP contribution in [0.5, 0.6) is 0 Å². The number of hydrogen-bond donors (Lipinski definition) is 1. The predicted molar refractivity (Wildman–Crippen MR) is 111 cm³/mol. The molecule has 2 heterocycles. The molecule has 29 heavy (non-hydrogen) atoms. The number of carbonyl (C=O) groups excluding carboxylic acids is 2. The van der Waals surface area contributed by atoms with Gasteiger partial charge in [0.25, 0.3) is 5.91 Å². The highest BCUT2D eigenvalue weighted by Gasteiger charge is 2.21. The van der Waals surface area contributed by atoms with Gasteiger partial charge in [-0.2, -0.15) is 0 Å². The molecule has 3 aromatic rings. The van der Waals surface area contributed by atoms with Gasteiger partial charge < -0.3 is 19.5 Å². The maximum Gasteiger partial charge on any atom is 0.338 e. The van der Waals surface area contributed by atoms with Crippen LogP contribution in [-0.4, -0.2) is 71.0 Å². The molecule has 150 valence electrons. The molecule has 1 amide bonds. The second-order valence-corrected chi connectivity index (χ2v) is 7.07. The van der Waals surface area contributed by atoms with Gasteiger partial charge in [-0.15, -0.1) is 0 Å². The number of fused-ring (bicyclic) bond motifs is 1. The third kappa shape index (κ3) is 4.30. The predicted octanol–water partition coefficient (Wildman–Crippen LogP) is 2.55. The highest BCUT2D eigenvalue weighted by atomic mass is 16.5. The van der Waals surface area contributed by atoms with Crippen molar-refractivity contribution in [3.8, 4) is 11.4 Å². The summed E-state index contributed by atoms with van der Waals surface area (Å²) in [5, 5.41) is 0. The minimum Gasteiger partial charge on any atom is -0.452 e. The van der Waals surface area contributed by atoms with Gasteiger partial charge in [0, 0.05) is 31.7 Å². The molecule has 0 saturated carbocycles. The molecule has 1 aliphatic heterocycles. The number of likely N-dealkylation sites (N-methyl/N-ethyl adjacent to an activating group) is 1. The van der Waals surface area contributed by atoms with Gasteiger partial charge in [-0.25, -0.2) is 9.78 Å². The molecule has 0 atom stereocenters. The quantitative estimate of drug-likeness (QED) is 0.675. The number of ether oxygens (including phenoxy) is 1. The number of nitrogens with one attached hydrogen (secondary N) is 1. The Bertz CT molecular complexity index is 1010. The molecule has 0 bridgehead atoms. The van der Waals surface area contributed by atoms with Crippen molar-refractivity contribution in [1.82, 2.24) is 19.8 Å². The minimum atomic E-state index is -0.511. The van der Waals surface area contributed by atoms with Crippen LogP contribution in [-0.2, 0) is 9.53 Å². The SMILES string of the molecule is CCN1CCN(C(=O)COC(=O)c2ccc3nc(-c4ccccc4)[nH]c3c2)CC1. The van der Waals surface area contributed by atoms with Crippen LogP contribution in [0, 0.1) is 0 Å². The number of esters is 1. The maximum absolute atomic E-state index is 12.4. The monoisotopic (exact) mass is 392 g/mol. The summed E-state index contributed by atoms with van der Waals surface area (Å²) in [7, 11) is 0. The van der Waals surface area contributed by atoms with Crippen molar-refractivity contribution < 1.29 is 14.3 Å².